The van der Waals surface area contributed by atoms with Crippen LogP contribution >= 0.6 is 0 Å². The molecule has 0 spiro atoms. The highest BCUT2D eigenvalue weighted by Crippen LogP contribution is 1.73. The van der Waals surface area contributed by atoms with E-state index < -0.39 is 12.0 Å². The molecule has 0 aromatic carbocycles. The predicted octanol–water partition coefficient (Wildman–Crippen LogP) is -0.782. The SMILES string of the molecule is CCOC(=O)CNC(N)=O. The van der Waals surface area contributed by atoms with Crippen molar-refractivity contribution in [1.29, 1.82) is 0 Å². The van der Waals surface area contributed by atoms with E-state index in [1.54, 1.807) is 6.92 Å². The van der Waals surface area contributed by atoms with Gasteiger partial charge in [0.2, 0.25) is 0 Å². The van der Waals surface area contributed by atoms with Crippen molar-refractivity contribution >= 4 is 12.0 Å². The number of urea groups is 1. The number of primary amides is 1. The molecule has 0 saturated carbocycles. The summed E-state index contributed by atoms with van der Waals surface area (Å²) >= 11 is 0. The Morgan fingerprint density at radius 3 is 2.60 bits per heavy atom. The fourth-order valence-electron chi connectivity index (χ4n) is 0.371. The van der Waals surface area contributed by atoms with Crippen LogP contribution in [0.2, 0.25) is 0 Å². The van der Waals surface area contributed by atoms with E-state index in [1.165, 1.54) is 0 Å². The maximum atomic E-state index is 10.5. The van der Waals surface area contributed by atoms with E-state index >= 15 is 0 Å². The second-order valence-electron chi connectivity index (χ2n) is 1.52. The minimum absolute atomic E-state index is 0.164. The van der Waals surface area contributed by atoms with Gasteiger partial charge in [-0.25, -0.2) is 4.79 Å². The smallest absolute Gasteiger partial charge is 0.325 e. The molecule has 0 rings (SSSR count). The molecule has 2 amide bonds. The Bertz CT molecular complexity index is 135. The summed E-state index contributed by atoms with van der Waals surface area (Å²) in [5.74, 6) is -0.485. The van der Waals surface area contributed by atoms with Crippen molar-refractivity contribution in [2.24, 2.45) is 5.73 Å². The number of ether oxygens (including phenoxy) is 1. The monoisotopic (exact) mass is 146 g/mol. The molecule has 58 valence electrons. The quantitative estimate of drug-likeness (QED) is 0.512. The Hall–Kier alpha value is -1.26. The minimum Gasteiger partial charge on any atom is -0.465 e. The van der Waals surface area contributed by atoms with E-state index in [-0.39, 0.29) is 6.54 Å². The van der Waals surface area contributed by atoms with Crippen LogP contribution < -0.4 is 11.1 Å². The van der Waals surface area contributed by atoms with E-state index in [1.807, 2.05) is 0 Å². The number of hydrogen-bond acceptors (Lipinski definition) is 3. The molecule has 0 saturated heterocycles. The van der Waals surface area contributed by atoms with Crippen molar-refractivity contribution in [2.75, 3.05) is 13.2 Å². The number of hydrogen-bond donors (Lipinski definition) is 2. The Balaban J connectivity index is 3.30. The highest BCUT2D eigenvalue weighted by Gasteiger charge is 2.00. The zero-order valence-corrected chi connectivity index (χ0v) is 5.72. The third-order valence-corrected chi connectivity index (χ3v) is 0.712. The second kappa shape index (κ2) is 4.60. The van der Waals surface area contributed by atoms with Crippen LogP contribution in [-0.2, 0) is 9.53 Å². The molecule has 0 fully saturated rings. The number of nitrogens with two attached hydrogens (primary N) is 1. The second-order valence-corrected chi connectivity index (χ2v) is 1.52. The van der Waals surface area contributed by atoms with Crippen LogP contribution in [0.3, 0.4) is 0 Å². The first-order valence-electron chi connectivity index (χ1n) is 2.85. The largest absolute Gasteiger partial charge is 0.465 e. The van der Waals surface area contributed by atoms with Crippen molar-refractivity contribution in [1.82, 2.24) is 5.32 Å². The van der Waals surface area contributed by atoms with Gasteiger partial charge in [0, 0.05) is 0 Å². The summed E-state index contributed by atoms with van der Waals surface area (Å²) in [5.41, 5.74) is 4.68. The molecule has 0 unspecified atom stereocenters. The molecule has 5 nitrogen and oxygen atoms in total. The summed E-state index contributed by atoms with van der Waals surface area (Å²) in [6, 6.07) is -0.729. The molecule has 3 N–H and O–H groups in total. The summed E-state index contributed by atoms with van der Waals surface area (Å²) in [6.45, 7) is 1.82. The number of nitrogens with one attached hydrogen (secondary N) is 1. The summed E-state index contributed by atoms with van der Waals surface area (Å²) in [6.07, 6.45) is 0. The maximum absolute atomic E-state index is 10.5. The fraction of sp³-hybridized carbons (Fsp3) is 0.600. The van der Waals surface area contributed by atoms with Crippen LogP contribution in [0.1, 0.15) is 6.92 Å². The van der Waals surface area contributed by atoms with Gasteiger partial charge in [-0.05, 0) is 6.92 Å². The molecule has 0 atom stereocenters. The van der Waals surface area contributed by atoms with Gasteiger partial charge in [0.05, 0.1) is 6.61 Å². The first-order valence-corrected chi connectivity index (χ1v) is 2.85. The van der Waals surface area contributed by atoms with Gasteiger partial charge in [-0.15, -0.1) is 0 Å². The summed E-state index contributed by atoms with van der Waals surface area (Å²) in [4.78, 5) is 20.5. The van der Waals surface area contributed by atoms with Crippen LogP contribution in [0.25, 0.3) is 0 Å². The molecule has 10 heavy (non-hydrogen) atoms. The van der Waals surface area contributed by atoms with E-state index in [0.29, 0.717) is 6.61 Å². The lowest BCUT2D eigenvalue weighted by Gasteiger charge is -2.00. The van der Waals surface area contributed by atoms with Gasteiger partial charge >= 0.3 is 12.0 Å². The number of carbonyl (C=O) groups excluding carboxylic acids is 2. The number of carbonyl (C=O) groups is 2. The molecule has 5 heteroatoms. The molecule has 0 aliphatic heterocycles. The standard InChI is InChI=1S/C5H10N2O3/c1-2-10-4(8)3-7-5(6)9/h2-3H2,1H3,(H3,6,7,9). The Morgan fingerprint density at radius 1 is 1.60 bits per heavy atom. The molecule has 0 aromatic heterocycles. The third-order valence-electron chi connectivity index (χ3n) is 0.712. The minimum atomic E-state index is -0.729. The fourth-order valence-corrected chi connectivity index (χ4v) is 0.371. The third kappa shape index (κ3) is 4.89. The van der Waals surface area contributed by atoms with Crippen LogP contribution in [0, 0.1) is 0 Å². The van der Waals surface area contributed by atoms with Gasteiger partial charge in [0.25, 0.3) is 0 Å². The van der Waals surface area contributed by atoms with Crippen LogP contribution in [0.4, 0.5) is 4.79 Å². The zero-order valence-electron chi connectivity index (χ0n) is 5.72. The Kier molecular flexibility index (Phi) is 4.02. The highest BCUT2D eigenvalue weighted by atomic mass is 16.5. The van der Waals surface area contributed by atoms with Gasteiger partial charge in [-0.1, -0.05) is 0 Å². The summed E-state index contributed by atoms with van der Waals surface area (Å²) in [5, 5.41) is 2.09. The number of amides is 2. The Labute approximate surface area is 58.5 Å². The van der Waals surface area contributed by atoms with Crippen molar-refractivity contribution in [2.45, 2.75) is 6.92 Å². The van der Waals surface area contributed by atoms with Gasteiger partial charge < -0.3 is 15.8 Å². The molecule has 0 bridgehead atoms. The summed E-state index contributed by atoms with van der Waals surface area (Å²) in [7, 11) is 0. The molecular formula is C5H10N2O3. The zero-order chi connectivity index (χ0) is 7.98. The molecule has 0 heterocycles. The lowest BCUT2D eigenvalue weighted by atomic mass is 10.6. The average Bonchev–Trinajstić information content (AvgIpc) is 1.85. The van der Waals surface area contributed by atoms with E-state index in [4.69, 9.17) is 0 Å². The van der Waals surface area contributed by atoms with E-state index in [9.17, 15) is 9.59 Å². The van der Waals surface area contributed by atoms with Crippen LogP contribution in [0.5, 0.6) is 0 Å². The maximum Gasteiger partial charge on any atom is 0.325 e. The van der Waals surface area contributed by atoms with Gasteiger partial charge in [-0.2, -0.15) is 0 Å². The van der Waals surface area contributed by atoms with Crippen LogP contribution in [0.15, 0.2) is 0 Å². The number of esters is 1. The number of rotatable bonds is 3. The molecule has 0 radical (unpaired) electrons. The average molecular weight is 146 g/mol. The normalized spacial score (nSPS) is 8.50. The van der Waals surface area contributed by atoms with E-state index in [2.05, 4.69) is 15.8 Å². The van der Waals surface area contributed by atoms with Crippen LogP contribution in [-0.4, -0.2) is 25.2 Å². The van der Waals surface area contributed by atoms with Crippen molar-refractivity contribution in [3.63, 3.8) is 0 Å². The molecular weight excluding hydrogens is 136 g/mol. The molecule has 0 aliphatic rings. The van der Waals surface area contributed by atoms with Crippen molar-refractivity contribution < 1.29 is 14.3 Å². The van der Waals surface area contributed by atoms with Gasteiger partial charge in [0.15, 0.2) is 0 Å². The molecule has 0 aliphatic carbocycles. The Morgan fingerprint density at radius 2 is 2.20 bits per heavy atom. The van der Waals surface area contributed by atoms with E-state index in [0.717, 1.165) is 0 Å². The lowest BCUT2D eigenvalue weighted by molar-refractivity contribution is -0.141. The van der Waals surface area contributed by atoms with Gasteiger partial charge in [0.1, 0.15) is 6.54 Å². The first-order chi connectivity index (χ1) is 4.66. The van der Waals surface area contributed by atoms with Crippen molar-refractivity contribution in [3.8, 4) is 0 Å². The van der Waals surface area contributed by atoms with Crippen molar-refractivity contribution in [3.05, 3.63) is 0 Å². The highest BCUT2D eigenvalue weighted by molar-refractivity contribution is 5.79. The lowest BCUT2D eigenvalue weighted by Crippen LogP contribution is -2.34. The first kappa shape index (κ1) is 8.74. The summed E-state index contributed by atoms with van der Waals surface area (Å²) < 4.78 is 4.48. The topological polar surface area (TPSA) is 81.4 Å². The predicted molar refractivity (Wildman–Crippen MR) is 34.2 cm³/mol. The van der Waals surface area contributed by atoms with Gasteiger partial charge in [-0.3, -0.25) is 4.79 Å². The molecule has 0 aromatic rings.